The molecule has 10 nitrogen and oxygen atoms in total. The zero-order valence-corrected chi connectivity index (χ0v) is 22.5. The van der Waals surface area contributed by atoms with E-state index in [-0.39, 0.29) is 19.1 Å². The first-order valence-corrected chi connectivity index (χ1v) is 12.3. The predicted molar refractivity (Wildman–Crippen MR) is 149 cm³/mol. The number of carbonyl (C=O) groups is 3. The lowest BCUT2D eigenvalue weighted by Gasteiger charge is -2.11. The summed E-state index contributed by atoms with van der Waals surface area (Å²) in [6, 6.07) is 17.4. The minimum Gasteiger partial charge on any atom is -0.493 e. The third-order valence-corrected chi connectivity index (χ3v) is 5.71. The summed E-state index contributed by atoms with van der Waals surface area (Å²) in [5.41, 5.74) is 5.04. The Balaban J connectivity index is 1.47. The number of hydrogen-bond acceptors (Lipinski definition) is 7. The lowest BCUT2D eigenvalue weighted by atomic mass is 10.1. The largest absolute Gasteiger partial charge is 0.493 e. The van der Waals surface area contributed by atoms with Crippen molar-refractivity contribution in [3.05, 3.63) is 82.4 Å². The van der Waals surface area contributed by atoms with Gasteiger partial charge in [-0.25, -0.2) is 5.43 Å². The van der Waals surface area contributed by atoms with Gasteiger partial charge in [0.25, 0.3) is 5.91 Å². The van der Waals surface area contributed by atoms with E-state index in [2.05, 4.69) is 21.2 Å². The average Bonchev–Trinajstić information content (AvgIpc) is 2.94. The SMILES string of the molecule is COc1ccc(CCNC(=O)C(=O)N/N=C\c2ccccc2OCC(=O)Nc2cc(Cl)ccc2C)cc1OC. The van der Waals surface area contributed by atoms with Crippen molar-refractivity contribution in [3.8, 4) is 17.2 Å². The molecular formula is C28H29ClN4O6. The summed E-state index contributed by atoms with van der Waals surface area (Å²) >= 11 is 5.99. The van der Waals surface area contributed by atoms with Gasteiger partial charge in [0.15, 0.2) is 18.1 Å². The van der Waals surface area contributed by atoms with Gasteiger partial charge >= 0.3 is 11.8 Å². The number of hydrazone groups is 1. The smallest absolute Gasteiger partial charge is 0.329 e. The number of halogens is 1. The molecule has 0 saturated carbocycles. The fraction of sp³-hybridized carbons (Fsp3) is 0.214. The van der Waals surface area contributed by atoms with Gasteiger partial charge in [-0.15, -0.1) is 0 Å². The maximum Gasteiger partial charge on any atom is 0.329 e. The van der Waals surface area contributed by atoms with E-state index in [9.17, 15) is 14.4 Å². The molecule has 204 valence electrons. The van der Waals surface area contributed by atoms with Gasteiger partial charge in [0.1, 0.15) is 5.75 Å². The molecule has 0 radical (unpaired) electrons. The standard InChI is InChI=1S/C28H29ClN4O6/c1-18-8-10-21(29)15-22(18)32-26(34)17-39-23-7-5-4-6-20(23)16-31-33-28(36)27(35)30-13-12-19-9-11-24(37-2)25(14-19)38-3/h4-11,14-16H,12-13,17H2,1-3H3,(H,30,35)(H,32,34)(H,33,36)/b31-16-. The number of para-hydroxylation sites is 1. The van der Waals surface area contributed by atoms with Gasteiger partial charge in [-0.3, -0.25) is 14.4 Å². The molecule has 3 aromatic rings. The van der Waals surface area contributed by atoms with E-state index < -0.39 is 11.8 Å². The highest BCUT2D eigenvalue weighted by molar-refractivity contribution is 6.35. The van der Waals surface area contributed by atoms with Crippen molar-refractivity contribution in [2.75, 3.05) is 32.7 Å². The van der Waals surface area contributed by atoms with Crippen molar-refractivity contribution in [2.24, 2.45) is 5.10 Å². The monoisotopic (exact) mass is 552 g/mol. The molecule has 0 bridgehead atoms. The molecule has 3 rings (SSSR count). The second kappa shape index (κ2) is 14.4. The minimum absolute atomic E-state index is 0.235. The molecule has 0 aliphatic carbocycles. The molecule has 0 unspecified atom stereocenters. The minimum atomic E-state index is -0.923. The molecule has 0 heterocycles. The maximum absolute atomic E-state index is 12.4. The number of benzene rings is 3. The van der Waals surface area contributed by atoms with E-state index in [1.807, 2.05) is 13.0 Å². The van der Waals surface area contributed by atoms with Gasteiger partial charge in [-0.1, -0.05) is 35.9 Å². The van der Waals surface area contributed by atoms with E-state index in [0.29, 0.717) is 39.9 Å². The zero-order valence-electron chi connectivity index (χ0n) is 21.7. The van der Waals surface area contributed by atoms with Crippen molar-refractivity contribution < 1.29 is 28.6 Å². The molecule has 3 N–H and O–H groups in total. The molecular weight excluding hydrogens is 524 g/mol. The van der Waals surface area contributed by atoms with Crippen molar-refractivity contribution in [2.45, 2.75) is 13.3 Å². The topological polar surface area (TPSA) is 127 Å². The molecule has 3 aromatic carbocycles. The van der Waals surface area contributed by atoms with Gasteiger partial charge in [0.05, 0.1) is 20.4 Å². The number of amides is 3. The number of carbonyl (C=O) groups excluding carboxylic acids is 3. The van der Waals surface area contributed by atoms with Crippen molar-refractivity contribution in [3.63, 3.8) is 0 Å². The second-order valence-electron chi connectivity index (χ2n) is 8.23. The maximum atomic E-state index is 12.4. The van der Waals surface area contributed by atoms with Crippen LogP contribution in [0.3, 0.4) is 0 Å². The third kappa shape index (κ3) is 8.75. The van der Waals surface area contributed by atoms with Crippen molar-refractivity contribution in [1.82, 2.24) is 10.7 Å². The summed E-state index contributed by atoms with van der Waals surface area (Å²) in [5.74, 6) is -0.573. The fourth-order valence-electron chi connectivity index (χ4n) is 3.43. The molecule has 0 atom stereocenters. The highest BCUT2D eigenvalue weighted by atomic mass is 35.5. The van der Waals surface area contributed by atoms with Crippen LogP contribution in [0.15, 0.2) is 65.8 Å². The first-order valence-electron chi connectivity index (χ1n) is 11.9. The van der Waals surface area contributed by atoms with E-state index in [4.69, 9.17) is 25.8 Å². The Morgan fingerprint density at radius 3 is 2.46 bits per heavy atom. The van der Waals surface area contributed by atoms with E-state index in [1.54, 1.807) is 68.8 Å². The Labute approximate surface area is 231 Å². The molecule has 0 aliphatic rings. The van der Waals surface area contributed by atoms with Gasteiger partial charge in [0.2, 0.25) is 0 Å². The Hall–Kier alpha value is -4.57. The van der Waals surface area contributed by atoms with Crippen molar-refractivity contribution >= 4 is 41.2 Å². The second-order valence-corrected chi connectivity index (χ2v) is 8.66. The predicted octanol–water partition coefficient (Wildman–Crippen LogP) is 3.49. The van der Waals surface area contributed by atoms with Gasteiger partial charge in [-0.05, 0) is 60.9 Å². The van der Waals surface area contributed by atoms with Crippen LogP contribution in [0.4, 0.5) is 5.69 Å². The summed E-state index contributed by atoms with van der Waals surface area (Å²) in [6.07, 6.45) is 1.81. The van der Waals surface area contributed by atoms with Crippen LogP contribution < -0.4 is 30.3 Å². The normalized spacial score (nSPS) is 10.6. The summed E-state index contributed by atoms with van der Waals surface area (Å²) in [7, 11) is 3.09. The first kappa shape index (κ1) is 29.0. The summed E-state index contributed by atoms with van der Waals surface area (Å²) < 4.78 is 16.1. The fourth-order valence-corrected chi connectivity index (χ4v) is 3.60. The molecule has 0 saturated heterocycles. The number of nitrogens with one attached hydrogen (secondary N) is 3. The van der Waals surface area contributed by atoms with Crippen LogP contribution in [-0.4, -0.2) is 51.3 Å². The number of hydrogen-bond donors (Lipinski definition) is 3. The zero-order chi connectivity index (χ0) is 28.2. The number of aryl methyl sites for hydroxylation is 1. The Morgan fingerprint density at radius 2 is 1.69 bits per heavy atom. The third-order valence-electron chi connectivity index (χ3n) is 5.47. The number of ether oxygens (including phenoxy) is 3. The quantitative estimate of drug-likeness (QED) is 0.190. The Bertz CT molecular complexity index is 1360. The van der Waals surface area contributed by atoms with Crippen LogP contribution in [0.25, 0.3) is 0 Å². The molecule has 39 heavy (non-hydrogen) atoms. The molecule has 0 spiro atoms. The Kier molecular flexibility index (Phi) is 10.7. The highest BCUT2D eigenvalue weighted by Crippen LogP contribution is 2.27. The van der Waals surface area contributed by atoms with Crippen molar-refractivity contribution in [1.29, 1.82) is 0 Å². The highest BCUT2D eigenvalue weighted by Gasteiger charge is 2.13. The number of methoxy groups -OCH3 is 2. The average molecular weight is 553 g/mol. The number of rotatable bonds is 11. The lowest BCUT2D eigenvalue weighted by Crippen LogP contribution is -2.38. The number of anilines is 1. The molecule has 11 heteroatoms. The van der Waals surface area contributed by atoms with Crippen LogP contribution in [0, 0.1) is 6.92 Å². The van der Waals surface area contributed by atoms with E-state index in [0.717, 1.165) is 11.1 Å². The molecule has 0 fully saturated rings. The van der Waals surface area contributed by atoms with E-state index in [1.165, 1.54) is 6.21 Å². The molecule has 0 aliphatic heterocycles. The summed E-state index contributed by atoms with van der Waals surface area (Å²) in [4.78, 5) is 36.6. The molecule has 0 aromatic heterocycles. The first-order chi connectivity index (χ1) is 18.8. The Morgan fingerprint density at radius 1 is 0.923 bits per heavy atom. The van der Waals surface area contributed by atoms with Gasteiger partial charge < -0.3 is 24.8 Å². The lowest BCUT2D eigenvalue weighted by molar-refractivity contribution is -0.139. The molecule has 3 amide bonds. The van der Waals surface area contributed by atoms with Gasteiger partial charge in [-0.2, -0.15) is 5.10 Å². The van der Waals surface area contributed by atoms with E-state index >= 15 is 0 Å². The van der Waals surface area contributed by atoms with Crippen LogP contribution in [-0.2, 0) is 20.8 Å². The van der Waals surface area contributed by atoms with Gasteiger partial charge in [0, 0.05) is 22.8 Å². The summed E-state index contributed by atoms with van der Waals surface area (Å²) in [5, 5.41) is 9.64. The van der Waals surface area contributed by atoms with Crippen LogP contribution in [0.5, 0.6) is 17.2 Å². The van der Waals surface area contributed by atoms with Crippen LogP contribution in [0.1, 0.15) is 16.7 Å². The number of nitrogens with zero attached hydrogens (tertiary/aromatic N) is 1. The van der Waals surface area contributed by atoms with Crippen LogP contribution in [0.2, 0.25) is 5.02 Å². The van der Waals surface area contributed by atoms with Crippen LogP contribution >= 0.6 is 11.6 Å². The summed E-state index contributed by atoms with van der Waals surface area (Å²) in [6.45, 7) is 1.83.